The second-order valence-corrected chi connectivity index (χ2v) is 4.45. The fourth-order valence-electron chi connectivity index (χ4n) is 2.03. The molecule has 0 radical (unpaired) electrons. The van der Waals surface area contributed by atoms with E-state index in [2.05, 4.69) is 6.92 Å². The summed E-state index contributed by atoms with van der Waals surface area (Å²) in [5.41, 5.74) is 5.00. The number of hydrogen-bond donors (Lipinski definition) is 1. The molecule has 1 aliphatic heterocycles. The summed E-state index contributed by atoms with van der Waals surface area (Å²) in [6.07, 6.45) is -3.31. The maximum Gasteiger partial charge on any atom is 0.418 e. The number of halogens is 3. The minimum Gasteiger partial charge on any atom is -0.398 e. The topological polar surface area (TPSA) is 29.3 Å². The van der Waals surface area contributed by atoms with E-state index in [-0.39, 0.29) is 5.69 Å². The van der Waals surface area contributed by atoms with Crippen LogP contribution in [0.3, 0.4) is 0 Å². The number of nitrogens with two attached hydrogens (primary N) is 1. The lowest BCUT2D eigenvalue weighted by atomic mass is 9.96. The second kappa shape index (κ2) is 4.13. The van der Waals surface area contributed by atoms with Crippen LogP contribution in [0.5, 0.6) is 0 Å². The number of anilines is 2. The Morgan fingerprint density at radius 2 is 2.00 bits per heavy atom. The minimum absolute atomic E-state index is 0.214. The van der Waals surface area contributed by atoms with E-state index in [1.165, 1.54) is 6.07 Å². The normalized spacial score (nSPS) is 17.1. The Morgan fingerprint density at radius 3 is 2.53 bits per heavy atom. The summed E-state index contributed by atoms with van der Waals surface area (Å²) in [5, 5.41) is 0. The quantitative estimate of drug-likeness (QED) is 0.810. The van der Waals surface area contributed by atoms with Gasteiger partial charge in [-0.2, -0.15) is 13.2 Å². The van der Waals surface area contributed by atoms with Gasteiger partial charge in [0.1, 0.15) is 0 Å². The SMILES string of the molecule is CCC1CN(c2ccc(N)c(C(F)(F)F)c2)C1. The predicted octanol–water partition coefficient (Wildman–Crippen LogP) is 3.13. The van der Waals surface area contributed by atoms with E-state index in [9.17, 15) is 13.2 Å². The highest BCUT2D eigenvalue weighted by Gasteiger charge is 2.34. The van der Waals surface area contributed by atoms with E-state index in [0.717, 1.165) is 25.6 Å². The maximum atomic E-state index is 12.7. The molecule has 1 aromatic rings. The smallest absolute Gasteiger partial charge is 0.398 e. The summed E-state index contributed by atoms with van der Waals surface area (Å²) in [7, 11) is 0. The van der Waals surface area contributed by atoms with Gasteiger partial charge in [0.15, 0.2) is 0 Å². The van der Waals surface area contributed by atoms with Crippen molar-refractivity contribution in [2.45, 2.75) is 19.5 Å². The fraction of sp³-hybridized carbons (Fsp3) is 0.500. The van der Waals surface area contributed by atoms with Gasteiger partial charge in [-0.25, -0.2) is 0 Å². The van der Waals surface area contributed by atoms with Crippen molar-refractivity contribution < 1.29 is 13.2 Å². The Labute approximate surface area is 98.2 Å². The molecule has 17 heavy (non-hydrogen) atoms. The molecule has 1 fully saturated rings. The van der Waals surface area contributed by atoms with Gasteiger partial charge in [-0.3, -0.25) is 0 Å². The first-order valence-corrected chi connectivity index (χ1v) is 5.63. The second-order valence-electron chi connectivity index (χ2n) is 4.45. The molecule has 94 valence electrons. The van der Waals surface area contributed by atoms with Crippen molar-refractivity contribution >= 4 is 11.4 Å². The lowest BCUT2D eigenvalue weighted by Crippen LogP contribution is -2.46. The third kappa shape index (κ3) is 2.33. The summed E-state index contributed by atoms with van der Waals surface area (Å²) in [6.45, 7) is 3.75. The van der Waals surface area contributed by atoms with Gasteiger partial charge in [0.05, 0.1) is 5.56 Å². The monoisotopic (exact) mass is 244 g/mol. The lowest BCUT2D eigenvalue weighted by molar-refractivity contribution is -0.136. The van der Waals surface area contributed by atoms with Crippen LogP contribution in [-0.4, -0.2) is 13.1 Å². The third-order valence-corrected chi connectivity index (χ3v) is 3.24. The maximum absolute atomic E-state index is 12.7. The molecule has 0 unspecified atom stereocenters. The number of benzene rings is 1. The van der Waals surface area contributed by atoms with Gasteiger partial charge >= 0.3 is 6.18 Å². The van der Waals surface area contributed by atoms with Crippen LogP contribution in [0.15, 0.2) is 18.2 Å². The molecule has 2 nitrogen and oxygen atoms in total. The summed E-state index contributed by atoms with van der Waals surface area (Å²) in [5.74, 6) is 0.599. The van der Waals surface area contributed by atoms with Gasteiger partial charge in [0.2, 0.25) is 0 Å². The average Bonchev–Trinajstić information content (AvgIpc) is 2.17. The van der Waals surface area contributed by atoms with Crippen LogP contribution in [0.1, 0.15) is 18.9 Å². The Kier molecular flexibility index (Phi) is 2.93. The Balaban J connectivity index is 2.21. The first-order valence-electron chi connectivity index (χ1n) is 5.63. The van der Waals surface area contributed by atoms with Gasteiger partial charge in [-0.05, 0) is 30.5 Å². The van der Waals surface area contributed by atoms with Gasteiger partial charge in [-0.15, -0.1) is 0 Å². The summed E-state index contributed by atoms with van der Waals surface area (Å²) >= 11 is 0. The zero-order valence-corrected chi connectivity index (χ0v) is 9.59. The predicted molar refractivity (Wildman–Crippen MR) is 61.9 cm³/mol. The van der Waals surface area contributed by atoms with Gasteiger partial charge in [-0.1, -0.05) is 6.92 Å². The van der Waals surface area contributed by atoms with Crippen molar-refractivity contribution in [3.05, 3.63) is 23.8 Å². The molecule has 2 rings (SSSR count). The summed E-state index contributed by atoms with van der Waals surface area (Å²) in [6, 6.07) is 4.12. The van der Waals surface area contributed by atoms with Gasteiger partial charge in [0.25, 0.3) is 0 Å². The summed E-state index contributed by atoms with van der Waals surface area (Å²) < 4.78 is 38.0. The fourth-order valence-corrected chi connectivity index (χ4v) is 2.03. The van der Waals surface area contributed by atoms with E-state index < -0.39 is 11.7 Å². The minimum atomic E-state index is -4.38. The van der Waals surface area contributed by atoms with Crippen LogP contribution in [0.2, 0.25) is 0 Å². The number of nitrogens with zero attached hydrogens (tertiary/aromatic N) is 1. The highest BCUT2D eigenvalue weighted by atomic mass is 19.4. The zero-order valence-electron chi connectivity index (χ0n) is 9.59. The van der Waals surface area contributed by atoms with Crippen molar-refractivity contribution in [1.29, 1.82) is 0 Å². The molecule has 0 aromatic heterocycles. The van der Waals surface area contributed by atoms with E-state index in [1.807, 2.05) is 4.90 Å². The van der Waals surface area contributed by atoms with Crippen molar-refractivity contribution in [1.82, 2.24) is 0 Å². The largest absolute Gasteiger partial charge is 0.418 e. The average molecular weight is 244 g/mol. The van der Waals surface area contributed by atoms with Gasteiger partial charge in [0, 0.05) is 24.5 Å². The molecular weight excluding hydrogens is 229 g/mol. The molecule has 0 spiro atoms. The molecule has 0 amide bonds. The molecule has 1 saturated heterocycles. The molecule has 1 heterocycles. The number of hydrogen-bond acceptors (Lipinski definition) is 2. The Bertz CT molecular complexity index is 409. The van der Waals surface area contributed by atoms with Crippen LogP contribution in [0.4, 0.5) is 24.5 Å². The summed E-state index contributed by atoms with van der Waals surface area (Å²) in [4.78, 5) is 1.95. The van der Waals surface area contributed by atoms with Gasteiger partial charge < -0.3 is 10.6 Å². The van der Waals surface area contributed by atoms with Crippen molar-refractivity contribution in [2.24, 2.45) is 5.92 Å². The number of nitrogen functional groups attached to an aromatic ring is 1. The molecule has 2 N–H and O–H groups in total. The van der Waals surface area contributed by atoms with E-state index >= 15 is 0 Å². The molecular formula is C12H15F3N2. The van der Waals surface area contributed by atoms with Crippen LogP contribution >= 0.6 is 0 Å². The molecule has 1 aromatic carbocycles. The molecule has 1 aliphatic rings. The van der Waals surface area contributed by atoms with Crippen molar-refractivity contribution in [3.63, 3.8) is 0 Å². The zero-order chi connectivity index (χ0) is 12.6. The van der Waals surface area contributed by atoms with Crippen molar-refractivity contribution in [2.75, 3.05) is 23.7 Å². The van der Waals surface area contributed by atoms with E-state index in [0.29, 0.717) is 11.6 Å². The van der Waals surface area contributed by atoms with Crippen LogP contribution in [-0.2, 0) is 6.18 Å². The molecule has 0 atom stereocenters. The lowest BCUT2D eigenvalue weighted by Gasteiger charge is -2.41. The Morgan fingerprint density at radius 1 is 1.35 bits per heavy atom. The standard InChI is InChI=1S/C12H15F3N2/c1-2-8-6-17(7-8)9-3-4-11(16)10(5-9)12(13,14)15/h3-5,8H,2,6-7,16H2,1H3. The van der Waals surface area contributed by atoms with E-state index in [1.54, 1.807) is 6.07 Å². The number of rotatable bonds is 2. The Hall–Kier alpha value is -1.39. The molecule has 0 saturated carbocycles. The van der Waals surface area contributed by atoms with Crippen molar-refractivity contribution in [3.8, 4) is 0 Å². The van der Waals surface area contributed by atoms with Crippen LogP contribution in [0, 0.1) is 5.92 Å². The molecule has 5 heteroatoms. The first-order chi connectivity index (χ1) is 7.91. The molecule has 0 bridgehead atoms. The highest BCUT2D eigenvalue weighted by molar-refractivity contribution is 5.60. The number of alkyl halides is 3. The third-order valence-electron chi connectivity index (χ3n) is 3.24. The van der Waals surface area contributed by atoms with Crippen LogP contribution in [0.25, 0.3) is 0 Å². The first kappa shape index (κ1) is 12.1. The van der Waals surface area contributed by atoms with Crippen LogP contribution < -0.4 is 10.6 Å². The van der Waals surface area contributed by atoms with E-state index in [4.69, 9.17) is 5.73 Å². The molecule has 0 aliphatic carbocycles. The highest BCUT2D eigenvalue weighted by Crippen LogP contribution is 2.37.